The van der Waals surface area contributed by atoms with Gasteiger partial charge in [-0.15, -0.1) is 0 Å². The molecule has 3 heteroatoms. The zero-order chi connectivity index (χ0) is 11.1. The molecule has 0 aromatic carbocycles. The normalized spacial score (nSPS) is 40.0. The molecule has 2 N–H and O–H groups in total. The molecule has 0 aromatic heterocycles. The predicted molar refractivity (Wildman–Crippen MR) is 59.8 cm³/mol. The molecule has 2 saturated heterocycles. The third-order valence-electron chi connectivity index (χ3n) is 3.46. The maximum absolute atomic E-state index is 6.37. The van der Waals surface area contributed by atoms with Crippen molar-refractivity contribution in [1.82, 2.24) is 0 Å². The minimum atomic E-state index is -0.117. The third-order valence-corrected chi connectivity index (χ3v) is 3.46. The van der Waals surface area contributed by atoms with Crippen LogP contribution in [-0.4, -0.2) is 30.0 Å². The van der Waals surface area contributed by atoms with Crippen LogP contribution in [0, 0.1) is 0 Å². The van der Waals surface area contributed by atoms with E-state index in [0.29, 0.717) is 6.10 Å². The van der Waals surface area contributed by atoms with E-state index in [1.54, 1.807) is 0 Å². The van der Waals surface area contributed by atoms with Crippen molar-refractivity contribution in [1.29, 1.82) is 0 Å². The molecular weight excluding hydrogens is 190 g/mol. The van der Waals surface area contributed by atoms with Gasteiger partial charge in [0.15, 0.2) is 0 Å². The molecule has 0 aliphatic carbocycles. The van der Waals surface area contributed by atoms with Crippen LogP contribution < -0.4 is 5.73 Å². The highest BCUT2D eigenvalue weighted by atomic mass is 16.5. The second kappa shape index (κ2) is 3.72. The van der Waals surface area contributed by atoms with Crippen LogP contribution in [0.1, 0.15) is 46.5 Å². The van der Waals surface area contributed by atoms with Gasteiger partial charge in [0.25, 0.3) is 0 Å². The van der Waals surface area contributed by atoms with Gasteiger partial charge in [0.1, 0.15) is 0 Å². The molecule has 3 nitrogen and oxygen atoms in total. The fourth-order valence-corrected chi connectivity index (χ4v) is 2.64. The summed E-state index contributed by atoms with van der Waals surface area (Å²) in [4.78, 5) is 0. The van der Waals surface area contributed by atoms with Crippen molar-refractivity contribution in [2.75, 3.05) is 6.61 Å². The molecule has 3 atom stereocenters. The van der Waals surface area contributed by atoms with Gasteiger partial charge in [0, 0.05) is 12.1 Å². The molecule has 0 radical (unpaired) electrons. The van der Waals surface area contributed by atoms with E-state index < -0.39 is 0 Å². The topological polar surface area (TPSA) is 44.5 Å². The molecule has 0 aromatic rings. The highest BCUT2D eigenvalue weighted by Crippen LogP contribution is 2.42. The van der Waals surface area contributed by atoms with Crippen molar-refractivity contribution < 1.29 is 9.47 Å². The molecule has 15 heavy (non-hydrogen) atoms. The third kappa shape index (κ3) is 2.52. The second-order valence-corrected chi connectivity index (χ2v) is 5.97. The molecule has 88 valence electrons. The first kappa shape index (κ1) is 11.4. The summed E-state index contributed by atoms with van der Waals surface area (Å²) in [6.07, 6.45) is 4.98. The fourth-order valence-electron chi connectivity index (χ4n) is 2.64. The van der Waals surface area contributed by atoms with Gasteiger partial charge in [0.2, 0.25) is 0 Å². The molecular formula is C12H23NO2. The molecule has 3 unspecified atom stereocenters. The van der Waals surface area contributed by atoms with Gasteiger partial charge in [-0.25, -0.2) is 0 Å². The van der Waals surface area contributed by atoms with Gasteiger partial charge in [-0.05, 0) is 46.5 Å². The molecule has 0 spiro atoms. The molecule has 2 aliphatic rings. The van der Waals surface area contributed by atoms with Crippen LogP contribution in [-0.2, 0) is 9.47 Å². The van der Waals surface area contributed by atoms with Crippen LogP contribution in [0.2, 0.25) is 0 Å². The number of hydrogen-bond acceptors (Lipinski definition) is 3. The lowest BCUT2D eigenvalue weighted by Crippen LogP contribution is -2.49. The summed E-state index contributed by atoms with van der Waals surface area (Å²) in [5, 5.41) is 0. The number of rotatable bonds is 3. The lowest BCUT2D eigenvalue weighted by Gasteiger charge is -2.32. The fraction of sp³-hybridized carbons (Fsp3) is 1.00. The van der Waals surface area contributed by atoms with E-state index in [0.717, 1.165) is 25.9 Å². The highest BCUT2D eigenvalue weighted by molar-refractivity contribution is 5.04. The summed E-state index contributed by atoms with van der Waals surface area (Å²) in [7, 11) is 0. The molecule has 2 heterocycles. The number of ether oxygens (including phenoxy) is 2. The first-order valence-corrected chi connectivity index (χ1v) is 5.97. The standard InChI is InChI=1S/C12H23NO2/c1-11(2,3)14-7-6-12(13)8-9-4-5-10(12)15-9/h9-10H,4-8,13H2,1-3H3. The van der Waals surface area contributed by atoms with E-state index in [9.17, 15) is 0 Å². The van der Waals surface area contributed by atoms with Crippen LogP contribution in [0.15, 0.2) is 0 Å². The predicted octanol–water partition coefficient (Wildman–Crippen LogP) is 1.84. The quantitative estimate of drug-likeness (QED) is 0.778. The molecule has 2 bridgehead atoms. The summed E-state index contributed by atoms with van der Waals surface area (Å²) in [5.41, 5.74) is 6.19. The van der Waals surface area contributed by atoms with Crippen molar-refractivity contribution >= 4 is 0 Å². The van der Waals surface area contributed by atoms with Crippen molar-refractivity contribution in [3.63, 3.8) is 0 Å². The molecule has 2 rings (SSSR count). The summed E-state index contributed by atoms with van der Waals surface area (Å²) in [6, 6.07) is 0. The lowest BCUT2D eigenvalue weighted by molar-refractivity contribution is -0.0167. The SMILES string of the molecule is CC(C)(C)OCCC1(N)CC2CCC1O2. The van der Waals surface area contributed by atoms with Gasteiger partial charge in [-0.2, -0.15) is 0 Å². The minimum absolute atomic E-state index is 0.0607. The summed E-state index contributed by atoms with van der Waals surface area (Å²) in [6.45, 7) is 6.97. The Labute approximate surface area is 92.3 Å². The maximum Gasteiger partial charge on any atom is 0.0761 e. The minimum Gasteiger partial charge on any atom is -0.376 e. The Balaban J connectivity index is 1.80. The van der Waals surface area contributed by atoms with Gasteiger partial charge in [-0.3, -0.25) is 0 Å². The van der Waals surface area contributed by atoms with Gasteiger partial charge >= 0.3 is 0 Å². The van der Waals surface area contributed by atoms with Gasteiger partial charge in [-0.1, -0.05) is 0 Å². The van der Waals surface area contributed by atoms with E-state index >= 15 is 0 Å². The van der Waals surface area contributed by atoms with E-state index in [4.69, 9.17) is 15.2 Å². The zero-order valence-electron chi connectivity index (χ0n) is 10.1. The summed E-state index contributed by atoms with van der Waals surface area (Å²) < 4.78 is 11.5. The Morgan fingerprint density at radius 3 is 2.60 bits per heavy atom. The van der Waals surface area contributed by atoms with Crippen LogP contribution in [0.3, 0.4) is 0 Å². The van der Waals surface area contributed by atoms with Crippen molar-refractivity contribution in [2.24, 2.45) is 5.73 Å². The Morgan fingerprint density at radius 1 is 1.40 bits per heavy atom. The van der Waals surface area contributed by atoms with Crippen LogP contribution in [0.4, 0.5) is 0 Å². The number of hydrogen-bond donors (Lipinski definition) is 1. The Bertz CT molecular complexity index is 236. The molecule has 0 saturated carbocycles. The lowest BCUT2D eigenvalue weighted by atomic mass is 9.80. The smallest absolute Gasteiger partial charge is 0.0761 e. The first-order valence-electron chi connectivity index (χ1n) is 5.97. The second-order valence-electron chi connectivity index (χ2n) is 5.97. The van der Waals surface area contributed by atoms with Crippen LogP contribution in [0.25, 0.3) is 0 Å². The molecule has 2 aliphatic heterocycles. The zero-order valence-corrected chi connectivity index (χ0v) is 10.1. The Kier molecular flexibility index (Phi) is 2.82. The molecule has 2 fully saturated rings. The summed E-state index contributed by atoms with van der Waals surface area (Å²) in [5.74, 6) is 0. The highest BCUT2D eigenvalue weighted by Gasteiger charge is 2.49. The van der Waals surface area contributed by atoms with Gasteiger partial charge < -0.3 is 15.2 Å². The Morgan fingerprint density at radius 2 is 2.13 bits per heavy atom. The monoisotopic (exact) mass is 213 g/mol. The van der Waals surface area contributed by atoms with E-state index in [1.165, 1.54) is 6.42 Å². The average Bonchev–Trinajstić information content (AvgIpc) is 2.60. The van der Waals surface area contributed by atoms with E-state index in [2.05, 4.69) is 20.8 Å². The average molecular weight is 213 g/mol. The molecule has 0 amide bonds. The van der Waals surface area contributed by atoms with Crippen molar-refractivity contribution in [2.45, 2.75) is 69.8 Å². The van der Waals surface area contributed by atoms with E-state index in [1.807, 2.05) is 0 Å². The number of fused-ring (bicyclic) bond motifs is 2. The first-order chi connectivity index (χ1) is 6.89. The van der Waals surface area contributed by atoms with Crippen molar-refractivity contribution in [3.8, 4) is 0 Å². The maximum atomic E-state index is 6.37. The van der Waals surface area contributed by atoms with Crippen LogP contribution >= 0.6 is 0 Å². The summed E-state index contributed by atoms with van der Waals surface area (Å²) >= 11 is 0. The largest absolute Gasteiger partial charge is 0.376 e. The van der Waals surface area contributed by atoms with Crippen molar-refractivity contribution in [3.05, 3.63) is 0 Å². The van der Waals surface area contributed by atoms with E-state index in [-0.39, 0.29) is 17.2 Å². The Hall–Kier alpha value is -0.120. The van der Waals surface area contributed by atoms with Gasteiger partial charge in [0.05, 0.1) is 17.8 Å². The van der Waals surface area contributed by atoms with Crippen LogP contribution in [0.5, 0.6) is 0 Å². The number of nitrogens with two attached hydrogens (primary N) is 1.